The van der Waals surface area contributed by atoms with Gasteiger partial charge in [-0.15, -0.1) is 0 Å². The van der Waals surface area contributed by atoms with Crippen molar-refractivity contribution in [3.8, 4) is 5.75 Å². The molecule has 0 aliphatic carbocycles. The first-order valence-electron chi connectivity index (χ1n) is 2.13. The molecule has 0 unspecified atom stereocenters. The molecule has 1 N–H and O–H groups in total. The molecule has 1 rings (SSSR count). The van der Waals surface area contributed by atoms with Gasteiger partial charge in [0, 0.05) is 21.7 Å². The van der Waals surface area contributed by atoms with Crippen LogP contribution in [0.25, 0.3) is 0 Å². The van der Waals surface area contributed by atoms with E-state index in [1.165, 1.54) is 0 Å². The second kappa shape index (κ2) is 6.15. The molecule has 0 amide bonds. The average Bonchev–Trinajstić information content (AvgIpc) is 1.69. The maximum Gasteiger partial charge on any atom is 0.115 e. The molecule has 1 nitrogen and oxygen atoms in total. The van der Waals surface area contributed by atoms with Crippen LogP contribution in [0.5, 0.6) is 5.75 Å². The van der Waals surface area contributed by atoms with Gasteiger partial charge in [0.1, 0.15) is 5.75 Å². The van der Waals surface area contributed by atoms with E-state index in [1.54, 1.807) is 24.3 Å². The van der Waals surface area contributed by atoms with Crippen LogP contribution in [0.1, 0.15) is 0 Å². The number of phenolic OH excluding ortho intramolecular Hbond substituents is 1. The Balaban J connectivity index is 0. The van der Waals surface area contributed by atoms with E-state index in [1.807, 2.05) is 6.07 Å². The van der Waals surface area contributed by atoms with Crippen molar-refractivity contribution in [1.29, 1.82) is 0 Å². The molecule has 0 atom stereocenters. The van der Waals surface area contributed by atoms with Gasteiger partial charge in [0.15, 0.2) is 0 Å². The Morgan fingerprint density at radius 1 is 1.00 bits per heavy atom. The summed E-state index contributed by atoms with van der Waals surface area (Å²) >= 11 is 0. The third-order valence-electron chi connectivity index (χ3n) is 0.756. The van der Waals surface area contributed by atoms with Crippen LogP contribution >= 0.6 is 0 Å². The summed E-state index contributed by atoms with van der Waals surface area (Å²) in [5.74, 6) is 0.322. The second-order valence-corrected chi connectivity index (χ2v) is 1.34. The van der Waals surface area contributed by atoms with Crippen molar-refractivity contribution in [2.45, 2.75) is 0 Å². The summed E-state index contributed by atoms with van der Waals surface area (Å²) in [6.07, 6.45) is 0. The number of hydrogen-bond acceptors (Lipinski definition) is 1. The van der Waals surface area contributed by atoms with Crippen molar-refractivity contribution in [3.63, 3.8) is 0 Å². The third-order valence-corrected chi connectivity index (χ3v) is 0.756. The van der Waals surface area contributed by atoms with Crippen molar-refractivity contribution in [2.24, 2.45) is 0 Å². The molecular formula is C6H6ClOTi-. The Bertz CT molecular complexity index is 143. The van der Waals surface area contributed by atoms with E-state index >= 15 is 0 Å². The van der Waals surface area contributed by atoms with Crippen LogP contribution < -0.4 is 12.4 Å². The SMILES string of the molecule is Oc1ccccc1.[Cl-].[Ti]. The van der Waals surface area contributed by atoms with Crippen LogP contribution in [-0.2, 0) is 21.7 Å². The summed E-state index contributed by atoms with van der Waals surface area (Å²) < 4.78 is 0. The van der Waals surface area contributed by atoms with E-state index in [0.29, 0.717) is 5.75 Å². The first kappa shape index (κ1) is 11.8. The van der Waals surface area contributed by atoms with E-state index in [9.17, 15) is 0 Å². The van der Waals surface area contributed by atoms with E-state index in [-0.39, 0.29) is 34.1 Å². The summed E-state index contributed by atoms with van der Waals surface area (Å²) in [7, 11) is 0. The van der Waals surface area contributed by atoms with Crippen molar-refractivity contribution in [1.82, 2.24) is 0 Å². The molecule has 0 radical (unpaired) electrons. The summed E-state index contributed by atoms with van der Waals surface area (Å²) in [5.41, 5.74) is 0. The molecule has 0 spiro atoms. The molecule has 3 heteroatoms. The molecule has 1 aromatic carbocycles. The van der Waals surface area contributed by atoms with Gasteiger partial charge in [0.2, 0.25) is 0 Å². The molecular weight excluding hydrogens is 171 g/mol. The fourth-order valence-electron chi connectivity index (χ4n) is 0.428. The number of rotatable bonds is 0. The molecule has 1 aromatic rings. The van der Waals surface area contributed by atoms with E-state index < -0.39 is 0 Å². The number of hydrogen-bond donors (Lipinski definition) is 1. The fourth-order valence-corrected chi connectivity index (χ4v) is 0.428. The monoisotopic (exact) mass is 177 g/mol. The topological polar surface area (TPSA) is 20.2 Å². The standard InChI is InChI=1S/C6H6O.ClH.Ti/c7-6-4-2-1-3-5-6;;/h1-5,7H;1H;/p-1. The summed E-state index contributed by atoms with van der Waals surface area (Å²) in [6.45, 7) is 0. The molecule has 0 saturated heterocycles. The van der Waals surface area contributed by atoms with Crippen LogP contribution in [0.4, 0.5) is 0 Å². The third kappa shape index (κ3) is 4.52. The number of benzene rings is 1. The smallest absolute Gasteiger partial charge is 0.115 e. The van der Waals surface area contributed by atoms with Crippen molar-refractivity contribution >= 4 is 0 Å². The Labute approximate surface area is 75.4 Å². The number of halogens is 1. The number of para-hydroxylation sites is 1. The quantitative estimate of drug-likeness (QED) is 0.473. The Morgan fingerprint density at radius 3 is 1.67 bits per heavy atom. The van der Waals surface area contributed by atoms with Gasteiger partial charge >= 0.3 is 0 Å². The molecule has 0 saturated carbocycles. The number of aromatic hydroxyl groups is 1. The van der Waals surface area contributed by atoms with E-state index in [0.717, 1.165) is 0 Å². The zero-order valence-corrected chi connectivity index (χ0v) is 7.03. The van der Waals surface area contributed by atoms with Crippen LogP contribution in [0, 0.1) is 0 Å². The Hall–Kier alpha value is 0.0243. The minimum Gasteiger partial charge on any atom is -1.00 e. The first-order chi connectivity index (χ1) is 3.39. The van der Waals surface area contributed by atoms with Crippen LogP contribution in [0.3, 0.4) is 0 Å². The van der Waals surface area contributed by atoms with Crippen LogP contribution in [0.15, 0.2) is 30.3 Å². The van der Waals surface area contributed by atoms with Crippen molar-refractivity contribution in [2.75, 3.05) is 0 Å². The van der Waals surface area contributed by atoms with Gasteiger partial charge < -0.3 is 17.5 Å². The van der Waals surface area contributed by atoms with Gasteiger partial charge in [-0.1, -0.05) is 18.2 Å². The zero-order chi connectivity index (χ0) is 5.11. The predicted octanol–water partition coefficient (Wildman–Crippen LogP) is -1.61. The number of phenols is 1. The molecule has 0 aliphatic heterocycles. The minimum absolute atomic E-state index is 0. The largest absolute Gasteiger partial charge is 1.00 e. The van der Waals surface area contributed by atoms with Gasteiger partial charge in [-0.05, 0) is 12.1 Å². The predicted molar refractivity (Wildman–Crippen MR) is 28.1 cm³/mol. The summed E-state index contributed by atoms with van der Waals surface area (Å²) in [6, 6.07) is 8.71. The summed E-state index contributed by atoms with van der Waals surface area (Å²) in [5, 5.41) is 8.63. The van der Waals surface area contributed by atoms with Gasteiger partial charge in [0.25, 0.3) is 0 Å². The maximum absolute atomic E-state index is 8.63. The summed E-state index contributed by atoms with van der Waals surface area (Å²) in [4.78, 5) is 0. The van der Waals surface area contributed by atoms with Crippen LogP contribution in [-0.4, -0.2) is 5.11 Å². The minimum atomic E-state index is 0. The average molecular weight is 177 g/mol. The molecule has 0 aliphatic rings. The molecule has 48 valence electrons. The van der Waals surface area contributed by atoms with Gasteiger partial charge in [0.05, 0.1) is 0 Å². The van der Waals surface area contributed by atoms with Crippen molar-refractivity contribution in [3.05, 3.63) is 30.3 Å². The molecule has 0 bridgehead atoms. The van der Waals surface area contributed by atoms with Gasteiger partial charge in [-0.25, -0.2) is 0 Å². The molecule has 0 aromatic heterocycles. The van der Waals surface area contributed by atoms with E-state index in [2.05, 4.69) is 0 Å². The fraction of sp³-hybridized carbons (Fsp3) is 0. The second-order valence-electron chi connectivity index (χ2n) is 1.34. The molecule has 0 heterocycles. The van der Waals surface area contributed by atoms with Gasteiger partial charge in [-0.2, -0.15) is 0 Å². The zero-order valence-electron chi connectivity index (χ0n) is 4.71. The Morgan fingerprint density at radius 2 is 1.44 bits per heavy atom. The molecule has 0 fully saturated rings. The normalized spacial score (nSPS) is 6.67. The van der Waals surface area contributed by atoms with Gasteiger partial charge in [-0.3, -0.25) is 0 Å². The van der Waals surface area contributed by atoms with Crippen molar-refractivity contribution < 1.29 is 39.2 Å². The molecule has 9 heavy (non-hydrogen) atoms. The Kier molecular flexibility index (Phi) is 8.05. The van der Waals surface area contributed by atoms with E-state index in [4.69, 9.17) is 5.11 Å². The maximum atomic E-state index is 8.63. The first-order valence-corrected chi connectivity index (χ1v) is 2.13. The van der Waals surface area contributed by atoms with Crippen LogP contribution in [0.2, 0.25) is 0 Å².